The van der Waals surface area contributed by atoms with Crippen LogP contribution in [0.2, 0.25) is 28.6 Å². The number of nitrogens with one attached hydrogen (secondary N) is 2. The SMILES string of the molecule is CC(=O)N[As](C)O[As](C)O[As](C)O[As](C)O[As](C)NC(C)=O. The minimum atomic E-state index is -1.88. The number of carbonyl (C=O) groups is 2. The molecule has 2 N–H and O–H groups in total. The summed E-state index contributed by atoms with van der Waals surface area (Å²) in [6.45, 7) is 2.96. The predicted octanol–water partition coefficient (Wildman–Crippen LogP) is -0.0850. The van der Waals surface area contributed by atoms with Crippen molar-refractivity contribution in [3.8, 4) is 0 Å². The maximum atomic E-state index is 11.0. The van der Waals surface area contributed by atoms with Crippen molar-refractivity contribution in [1.82, 2.24) is 8.47 Å². The molecule has 0 spiro atoms. The van der Waals surface area contributed by atoms with Gasteiger partial charge in [0.1, 0.15) is 0 Å². The summed E-state index contributed by atoms with van der Waals surface area (Å²) in [4.78, 5) is 21.9. The molecule has 4 atom stereocenters. The van der Waals surface area contributed by atoms with Crippen LogP contribution >= 0.6 is 0 Å². The Balaban J connectivity index is 4.02. The maximum absolute atomic E-state index is 11.0. The Kier molecular flexibility index (Phi) is 13.8. The number of amides is 2. The van der Waals surface area contributed by atoms with Gasteiger partial charge in [0.15, 0.2) is 0 Å². The van der Waals surface area contributed by atoms with E-state index in [2.05, 4.69) is 8.47 Å². The Bertz CT molecular complexity index is 333. The van der Waals surface area contributed by atoms with Crippen molar-refractivity contribution < 1.29 is 20.4 Å². The fourth-order valence-electron chi connectivity index (χ4n) is 1.20. The quantitative estimate of drug-likeness (QED) is 0.329. The Morgan fingerprint density at radius 3 is 1.18 bits per heavy atom. The van der Waals surface area contributed by atoms with Gasteiger partial charge in [-0.25, -0.2) is 0 Å². The first-order valence-corrected chi connectivity index (χ1v) is 23.4. The van der Waals surface area contributed by atoms with Gasteiger partial charge >= 0.3 is 160 Å². The molecule has 130 valence electrons. The van der Waals surface area contributed by atoms with Gasteiger partial charge in [0.05, 0.1) is 0 Å². The predicted molar refractivity (Wildman–Crippen MR) is 90.1 cm³/mol. The molecule has 0 aliphatic rings. The van der Waals surface area contributed by atoms with Gasteiger partial charge in [-0.05, 0) is 0 Å². The van der Waals surface area contributed by atoms with Crippen LogP contribution in [-0.4, -0.2) is 88.3 Å². The van der Waals surface area contributed by atoms with E-state index in [1.165, 1.54) is 13.8 Å². The fraction of sp³-hybridized carbons (Fsp3) is 0.778. The van der Waals surface area contributed by atoms with Crippen LogP contribution in [0.5, 0.6) is 0 Å². The summed E-state index contributed by atoms with van der Waals surface area (Å²) in [5.41, 5.74) is 9.67. The minimum absolute atomic E-state index is 0.0704. The third-order valence-electron chi connectivity index (χ3n) is 1.56. The summed E-state index contributed by atoms with van der Waals surface area (Å²) in [6.07, 6.45) is 0. The molecular formula is C9H23As5N2O6. The first-order chi connectivity index (χ1) is 10.1. The molecule has 0 aliphatic carbocycles. The molecule has 0 aromatic carbocycles. The molecule has 0 heterocycles. The normalized spacial score (nSPS) is 18.0. The first kappa shape index (κ1) is 23.6. The van der Waals surface area contributed by atoms with Crippen LogP contribution in [0.3, 0.4) is 0 Å². The molecule has 0 bridgehead atoms. The van der Waals surface area contributed by atoms with E-state index in [0.717, 1.165) is 0 Å². The van der Waals surface area contributed by atoms with Gasteiger partial charge < -0.3 is 0 Å². The topological polar surface area (TPSA) is 95.1 Å². The first-order valence-electron chi connectivity index (χ1n) is 6.05. The summed E-state index contributed by atoms with van der Waals surface area (Å²) in [7, 11) is 0. The summed E-state index contributed by atoms with van der Waals surface area (Å²) < 4.78 is 28.8. The third-order valence-corrected chi connectivity index (χ3v) is 28.5. The summed E-state index contributed by atoms with van der Waals surface area (Å²) in [5, 5.41) is 0. The van der Waals surface area contributed by atoms with Crippen molar-refractivity contribution in [2.75, 3.05) is 0 Å². The van der Waals surface area contributed by atoms with Gasteiger partial charge in [-0.15, -0.1) is 0 Å². The Labute approximate surface area is 158 Å². The second-order valence-electron chi connectivity index (χ2n) is 3.98. The van der Waals surface area contributed by atoms with E-state index in [0.29, 0.717) is 0 Å². The van der Waals surface area contributed by atoms with E-state index in [1.807, 2.05) is 28.6 Å². The zero-order valence-corrected chi connectivity index (χ0v) is 23.1. The average molecular weight is 630 g/mol. The van der Waals surface area contributed by atoms with Gasteiger partial charge in [-0.2, -0.15) is 0 Å². The zero-order valence-electron chi connectivity index (χ0n) is 13.7. The van der Waals surface area contributed by atoms with E-state index in [-0.39, 0.29) is 11.8 Å². The molecule has 0 aromatic heterocycles. The molecule has 22 heavy (non-hydrogen) atoms. The second kappa shape index (κ2) is 12.9. The molecule has 8 nitrogen and oxygen atoms in total. The molecule has 0 aliphatic heterocycles. The van der Waals surface area contributed by atoms with Crippen LogP contribution in [0.1, 0.15) is 13.8 Å². The van der Waals surface area contributed by atoms with E-state index in [9.17, 15) is 9.59 Å². The van der Waals surface area contributed by atoms with Crippen LogP contribution < -0.4 is 8.47 Å². The van der Waals surface area contributed by atoms with Gasteiger partial charge in [-0.1, -0.05) is 0 Å². The van der Waals surface area contributed by atoms with Crippen LogP contribution in [0, 0.1) is 0 Å². The Morgan fingerprint density at radius 2 is 0.909 bits per heavy atom. The van der Waals surface area contributed by atoms with Crippen LogP contribution in [0.4, 0.5) is 0 Å². The standard InChI is InChI=1S/C9H23As5N2O6/c1-8(17)15-10(3)19-12(5)21-14(7)22-13(6)20-11(4)16-9(2)18/h1-7H3,(H,15,17)(H,16,18). The molecule has 2 amide bonds. The van der Waals surface area contributed by atoms with Crippen molar-refractivity contribution in [1.29, 1.82) is 0 Å². The van der Waals surface area contributed by atoms with Gasteiger partial charge in [0.2, 0.25) is 0 Å². The molecule has 0 radical (unpaired) electrons. The zero-order chi connectivity index (χ0) is 17.3. The van der Waals surface area contributed by atoms with E-state index >= 15 is 0 Å². The van der Waals surface area contributed by atoms with E-state index in [4.69, 9.17) is 10.9 Å². The molecule has 0 saturated carbocycles. The van der Waals surface area contributed by atoms with Crippen LogP contribution in [0.15, 0.2) is 0 Å². The van der Waals surface area contributed by atoms with E-state index < -0.39 is 76.4 Å². The Morgan fingerprint density at radius 1 is 0.636 bits per heavy atom. The van der Waals surface area contributed by atoms with Crippen molar-refractivity contribution in [2.24, 2.45) is 0 Å². The van der Waals surface area contributed by atoms with Crippen LogP contribution in [0.25, 0.3) is 0 Å². The van der Waals surface area contributed by atoms with Gasteiger partial charge in [0, 0.05) is 0 Å². The number of hydrogen-bond donors (Lipinski definition) is 2. The summed E-state index contributed by atoms with van der Waals surface area (Å²) >= 11 is -9.15. The molecule has 0 saturated heterocycles. The van der Waals surface area contributed by atoms with E-state index in [1.54, 1.807) is 0 Å². The number of hydrogen-bond acceptors (Lipinski definition) is 6. The molecular weight excluding hydrogens is 607 g/mol. The second-order valence-corrected chi connectivity index (χ2v) is 23.1. The molecule has 0 aromatic rings. The molecule has 4 unspecified atom stereocenters. The van der Waals surface area contributed by atoms with Gasteiger partial charge in [-0.3, -0.25) is 0 Å². The molecule has 13 heteroatoms. The van der Waals surface area contributed by atoms with Crippen LogP contribution in [-0.2, 0) is 20.4 Å². The molecule has 0 fully saturated rings. The summed E-state index contributed by atoms with van der Waals surface area (Å²) in [6, 6.07) is 0. The monoisotopic (exact) mass is 630 g/mol. The number of rotatable bonds is 10. The Hall–Kier alpha value is 1.57. The van der Waals surface area contributed by atoms with Crippen molar-refractivity contribution in [3.05, 3.63) is 0 Å². The van der Waals surface area contributed by atoms with Crippen molar-refractivity contribution >= 4 is 88.3 Å². The van der Waals surface area contributed by atoms with Crippen molar-refractivity contribution in [3.63, 3.8) is 0 Å². The molecule has 0 rings (SSSR count). The fourth-order valence-corrected chi connectivity index (χ4v) is 27.7. The average Bonchev–Trinajstić information content (AvgIpc) is 2.23. The van der Waals surface area contributed by atoms with Gasteiger partial charge in [0.25, 0.3) is 0 Å². The third kappa shape index (κ3) is 14.0. The summed E-state index contributed by atoms with van der Waals surface area (Å²) in [5.74, 6) is -0.141. The number of carbonyl (C=O) groups excluding carboxylic acids is 2. The van der Waals surface area contributed by atoms with Crippen molar-refractivity contribution in [2.45, 2.75) is 42.4 Å².